The molecule has 6 heteroatoms. The fourth-order valence-electron chi connectivity index (χ4n) is 2.68. The number of rotatable bonds is 7. The van der Waals surface area contributed by atoms with Crippen LogP contribution in [0.4, 0.5) is 0 Å². The van der Waals surface area contributed by atoms with Gasteiger partial charge in [0.2, 0.25) is 0 Å². The Morgan fingerprint density at radius 1 is 1.21 bits per heavy atom. The molecule has 0 aromatic carbocycles. The lowest BCUT2D eigenvalue weighted by atomic mass is 9.78. The minimum absolute atomic E-state index is 0.127. The van der Waals surface area contributed by atoms with E-state index in [0.29, 0.717) is 31.8 Å². The smallest absolute Gasteiger partial charge is 0.279 e. The number of nitrogens with one attached hydrogen (secondary N) is 1. The zero-order chi connectivity index (χ0) is 14.5. The summed E-state index contributed by atoms with van der Waals surface area (Å²) < 4.78 is 27.9. The average Bonchev–Trinajstić information content (AvgIpc) is 2.39. The summed E-state index contributed by atoms with van der Waals surface area (Å²) in [6.45, 7) is 6.80. The second-order valence-electron chi connectivity index (χ2n) is 5.49. The van der Waals surface area contributed by atoms with Crippen molar-refractivity contribution in [3.05, 3.63) is 0 Å². The molecule has 0 spiro atoms. The van der Waals surface area contributed by atoms with E-state index >= 15 is 0 Å². The third-order valence-corrected chi connectivity index (χ3v) is 5.95. The van der Waals surface area contributed by atoms with Crippen molar-refractivity contribution in [1.29, 1.82) is 0 Å². The molecule has 0 bridgehead atoms. The first-order valence-corrected chi connectivity index (χ1v) is 8.78. The van der Waals surface area contributed by atoms with E-state index in [9.17, 15) is 13.5 Å². The van der Waals surface area contributed by atoms with Crippen LogP contribution in [0.15, 0.2) is 0 Å². The van der Waals surface area contributed by atoms with Crippen molar-refractivity contribution in [3.8, 4) is 0 Å². The number of hydrogen-bond acceptors (Lipinski definition) is 3. The van der Waals surface area contributed by atoms with Crippen molar-refractivity contribution < 1.29 is 13.5 Å². The Hall–Kier alpha value is -0.170. The zero-order valence-electron chi connectivity index (χ0n) is 12.4. The molecule has 0 radical (unpaired) electrons. The Bertz CT molecular complexity index is 358. The van der Waals surface area contributed by atoms with Gasteiger partial charge in [0.25, 0.3) is 10.2 Å². The highest BCUT2D eigenvalue weighted by molar-refractivity contribution is 7.87. The molecule has 2 N–H and O–H groups in total. The van der Waals surface area contributed by atoms with E-state index in [0.717, 1.165) is 19.3 Å². The number of nitrogens with zero attached hydrogens (tertiary/aromatic N) is 1. The van der Waals surface area contributed by atoms with Gasteiger partial charge in [0.15, 0.2) is 0 Å². The van der Waals surface area contributed by atoms with Crippen LogP contribution in [0.25, 0.3) is 0 Å². The molecule has 0 amide bonds. The third kappa shape index (κ3) is 4.70. The van der Waals surface area contributed by atoms with Crippen molar-refractivity contribution in [2.75, 3.05) is 19.6 Å². The van der Waals surface area contributed by atoms with Crippen molar-refractivity contribution in [3.63, 3.8) is 0 Å². The summed E-state index contributed by atoms with van der Waals surface area (Å²) in [5, 5.41) is 10.4. The summed E-state index contributed by atoms with van der Waals surface area (Å²) >= 11 is 0. The first kappa shape index (κ1) is 16.9. The molecule has 1 aliphatic carbocycles. The Labute approximate surface area is 117 Å². The molecule has 0 aliphatic heterocycles. The summed E-state index contributed by atoms with van der Waals surface area (Å²) in [5.74, 6) is 0.680. The maximum atomic E-state index is 12.0. The highest BCUT2D eigenvalue weighted by Crippen LogP contribution is 2.33. The Kier molecular flexibility index (Phi) is 6.23. The molecule has 1 rings (SSSR count). The fourth-order valence-corrected chi connectivity index (χ4v) is 3.99. The van der Waals surface area contributed by atoms with Crippen LogP contribution in [0, 0.1) is 5.92 Å². The lowest BCUT2D eigenvalue weighted by Gasteiger charge is -2.36. The van der Waals surface area contributed by atoms with Gasteiger partial charge in [0.1, 0.15) is 0 Å². The maximum Gasteiger partial charge on any atom is 0.279 e. The molecule has 19 heavy (non-hydrogen) atoms. The molecule has 0 saturated heterocycles. The van der Waals surface area contributed by atoms with Crippen molar-refractivity contribution in [2.24, 2.45) is 5.92 Å². The Morgan fingerprint density at radius 3 is 2.16 bits per heavy atom. The highest BCUT2D eigenvalue weighted by atomic mass is 32.2. The van der Waals surface area contributed by atoms with Gasteiger partial charge in [0.05, 0.1) is 5.60 Å². The van der Waals surface area contributed by atoms with Crippen LogP contribution in [0.2, 0.25) is 0 Å². The van der Waals surface area contributed by atoms with Gasteiger partial charge in [-0.05, 0) is 31.6 Å². The Balaban J connectivity index is 2.52. The lowest BCUT2D eigenvalue weighted by molar-refractivity contribution is -0.00469. The first-order valence-electron chi connectivity index (χ1n) is 7.34. The van der Waals surface area contributed by atoms with E-state index in [1.165, 1.54) is 4.31 Å². The van der Waals surface area contributed by atoms with Crippen LogP contribution in [0.5, 0.6) is 0 Å². The van der Waals surface area contributed by atoms with Gasteiger partial charge in [-0.2, -0.15) is 17.4 Å². The minimum Gasteiger partial charge on any atom is -0.389 e. The summed E-state index contributed by atoms with van der Waals surface area (Å²) in [4.78, 5) is 0. The van der Waals surface area contributed by atoms with Crippen LogP contribution < -0.4 is 4.72 Å². The van der Waals surface area contributed by atoms with Gasteiger partial charge in [-0.3, -0.25) is 0 Å². The molecule has 114 valence electrons. The van der Waals surface area contributed by atoms with Crippen LogP contribution in [-0.2, 0) is 10.2 Å². The second-order valence-corrected chi connectivity index (χ2v) is 7.24. The van der Waals surface area contributed by atoms with Gasteiger partial charge in [-0.1, -0.05) is 27.2 Å². The summed E-state index contributed by atoms with van der Waals surface area (Å²) in [6.07, 6.45) is 4.49. The maximum absolute atomic E-state index is 12.0. The van der Waals surface area contributed by atoms with E-state index < -0.39 is 15.8 Å². The molecule has 0 unspecified atom stereocenters. The molecule has 5 nitrogen and oxygen atoms in total. The largest absolute Gasteiger partial charge is 0.389 e. The number of hydrogen-bond donors (Lipinski definition) is 2. The summed E-state index contributed by atoms with van der Waals surface area (Å²) in [6, 6.07) is 0. The van der Waals surface area contributed by atoms with E-state index in [1.807, 2.05) is 13.8 Å². The molecular formula is C13H28N2O3S. The standard InChI is InChI=1S/C13H28N2O3S/c1-4-12-7-9-13(16,10-8-12)11-14-19(17,18)15(5-2)6-3/h12,14,16H,4-11H2,1-3H3. The van der Waals surface area contributed by atoms with E-state index in [2.05, 4.69) is 11.6 Å². The van der Waals surface area contributed by atoms with Crippen molar-refractivity contribution >= 4 is 10.2 Å². The molecular weight excluding hydrogens is 264 g/mol. The van der Waals surface area contributed by atoms with Gasteiger partial charge in [-0.15, -0.1) is 0 Å². The molecule has 1 saturated carbocycles. The van der Waals surface area contributed by atoms with E-state index in [-0.39, 0.29) is 6.54 Å². The quantitative estimate of drug-likeness (QED) is 0.747. The molecule has 0 aromatic heterocycles. The van der Waals surface area contributed by atoms with Gasteiger partial charge < -0.3 is 5.11 Å². The monoisotopic (exact) mass is 292 g/mol. The van der Waals surface area contributed by atoms with Crippen LogP contribution in [0.3, 0.4) is 0 Å². The van der Waals surface area contributed by atoms with Gasteiger partial charge in [-0.25, -0.2) is 0 Å². The van der Waals surface area contributed by atoms with E-state index in [1.54, 1.807) is 0 Å². The van der Waals surface area contributed by atoms with Gasteiger partial charge in [0, 0.05) is 19.6 Å². The number of aliphatic hydroxyl groups is 1. The predicted octanol–water partition coefficient (Wildman–Crippen LogP) is 1.49. The lowest BCUT2D eigenvalue weighted by Crippen LogP contribution is -2.49. The SMILES string of the molecule is CCC1CCC(O)(CNS(=O)(=O)N(CC)CC)CC1. The normalized spacial score (nSPS) is 28.8. The molecule has 0 aromatic rings. The van der Waals surface area contributed by atoms with Gasteiger partial charge >= 0.3 is 0 Å². The Morgan fingerprint density at radius 2 is 1.74 bits per heavy atom. The second kappa shape index (κ2) is 7.02. The molecule has 0 atom stereocenters. The zero-order valence-corrected chi connectivity index (χ0v) is 13.2. The molecule has 1 aliphatic rings. The minimum atomic E-state index is -3.46. The first-order chi connectivity index (χ1) is 8.87. The van der Waals surface area contributed by atoms with Crippen LogP contribution in [-0.4, -0.2) is 43.1 Å². The fraction of sp³-hybridized carbons (Fsp3) is 1.00. The molecule has 0 heterocycles. The van der Waals surface area contributed by atoms with E-state index in [4.69, 9.17) is 0 Å². The summed E-state index contributed by atoms with van der Waals surface area (Å²) in [5.41, 5.74) is -0.869. The average molecular weight is 292 g/mol. The predicted molar refractivity (Wildman–Crippen MR) is 77.0 cm³/mol. The van der Waals surface area contributed by atoms with Crippen molar-refractivity contribution in [2.45, 2.75) is 58.5 Å². The summed E-state index contributed by atoms with van der Waals surface area (Å²) in [7, 11) is -3.46. The molecule has 1 fully saturated rings. The van der Waals surface area contributed by atoms with Crippen LogP contribution >= 0.6 is 0 Å². The highest BCUT2D eigenvalue weighted by Gasteiger charge is 2.34. The van der Waals surface area contributed by atoms with Crippen molar-refractivity contribution in [1.82, 2.24) is 9.03 Å². The topological polar surface area (TPSA) is 69.6 Å². The third-order valence-electron chi connectivity index (χ3n) is 4.24. The van der Waals surface area contributed by atoms with Crippen LogP contribution in [0.1, 0.15) is 52.9 Å².